The van der Waals surface area contributed by atoms with Crippen LogP contribution in [0.25, 0.3) is 28.6 Å². The fourth-order valence-electron chi connectivity index (χ4n) is 2.77. The van der Waals surface area contributed by atoms with Gasteiger partial charge in [-0.15, -0.1) is 0 Å². The lowest BCUT2D eigenvalue weighted by Gasteiger charge is -2.09. The smallest absolute Gasteiger partial charge is 0.417 e. The molecule has 0 aliphatic rings. The number of pyridine rings is 1. The summed E-state index contributed by atoms with van der Waals surface area (Å²) in [6, 6.07) is 3.49. The van der Waals surface area contributed by atoms with E-state index in [-0.39, 0.29) is 49.4 Å². The van der Waals surface area contributed by atoms with Crippen molar-refractivity contribution in [1.82, 2.24) is 19.5 Å². The number of halogens is 6. The van der Waals surface area contributed by atoms with Gasteiger partial charge in [-0.3, -0.25) is 4.79 Å². The third-order valence-electron chi connectivity index (χ3n) is 4.31. The maximum Gasteiger partial charge on any atom is 0.417 e. The van der Waals surface area contributed by atoms with Crippen LogP contribution in [0.1, 0.15) is 5.56 Å². The number of aliphatic hydroxyl groups excluding tert-OH is 1. The highest BCUT2D eigenvalue weighted by Crippen LogP contribution is 2.37. The highest BCUT2D eigenvalue weighted by atomic mass is 35.5. The maximum atomic E-state index is 13.0. The number of benzene rings is 1. The van der Waals surface area contributed by atoms with Crippen molar-refractivity contribution in [2.75, 3.05) is 13.2 Å². The second-order valence-electron chi connectivity index (χ2n) is 6.60. The molecule has 0 unspecified atom stereocenters. The van der Waals surface area contributed by atoms with E-state index in [0.717, 1.165) is 16.7 Å². The van der Waals surface area contributed by atoms with E-state index < -0.39 is 30.7 Å². The lowest BCUT2D eigenvalue weighted by atomic mass is 10.2. The SMILES string of the molecule is O=C(CO)COc1cc(Cl)c(-c2noc(-c3cn4cc(C(F)(F)F)cc(Cl)c4n3)n2)cc1Cl. The highest BCUT2D eigenvalue weighted by molar-refractivity contribution is 6.36. The van der Waals surface area contributed by atoms with Crippen LogP contribution in [-0.2, 0) is 11.0 Å². The lowest BCUT2D eigenvalue weighted by Crippen LogP contribution is -2.14. The van der Waals surface area contributed by atoms with Gasteiger partial charge in [0.1, 0.15) is 24.7 Å². The summed E-state index contributed by atoms with van der Waals surface area (Å²) in [5.74, 6) is -0.524. The van der Waals surface area contributed by atoms with Gasteiger partial charge in [0.2, 0.25) is 5.82 Å². The first-order chi connectivity index (χ1) is 15.6. The van der Waals surface area contributed by atoms with Crippen LogP contribution < -0.4 is 4.74 Å². The second kappa shape index (κ2) is 8.82. The van der Waals surface area contributed by atoms with Gasteiger partial charge in [-0.1, -0.05) is 40.0 Å². The number of rotatable bonds is 6. The van der Waals surface area contributed by atoms with Gasteiger partial charge in [-0.2, -0.15) is 18.2 Å². The van der Waals surface area contributed by atoms with Crippen molar-refractivity contribution in [2.45, 2.75) is 6.18 Å². The summed E-state index contributed by atoms with van der Waals surface area (Å²) in [4.78, 5) is 19.5. The minimum Gasteiger partial charge on any atom is -0.484 e. The third kappa shape index (κ3) is 4.76. The zero-order chi connectivity index (χ0) is 23.9. The first-order valence-electron chi connectivity index (χ1n) is 8.91. The topological polar surface area (TPSA) is 103 Å². The number of ketones is 1. The summed E-state index contributed by atoms with van der Waals surface area (Å²) in [5, 5.41) is 12.6. The number of imidazole rings is 1. The number of nitrogens with zero attached hydrogens (tertiary/aromatic N) is 4. The average molecular weight is 522 g/mol. The zero-order valence-electron chi connectivity index (χ0n) is 16.0. The Morgan fingerprint density at radius 3 is 2.55 bits per heavy atom. The Balaban J connectivity index is 1.65. The number of hydrogen-bond acceptors (Lipinski definition) is 7. The van der Waals surface area contributed by atoms with E-state index >= 15 is 0 Å². The molecule has 0 aliphatic carbocycles. The summed E-state index contributed by atoms with van der Waals surface area (Å²) in [6.07, 6.45) is -2.49. The van der Waals surface area contributed by atoms with E-state index in [1.807, 2.05) is 0 Å². The molecular formula is C19H10Cl3F3N4O4. The molecule has 0 atom stereocenters. The van der Waals surface area contributed by atoms with Crippen LogP contribution in [-0.4, -0.2) is 43.6 Å². The molecule has 0 spiro atoms. The minimum absolute atomic E-state index is 0.0222. The predicted molar refractivity (Wildman–Crippen MR) is 112 cm³/mol. The molecule has 0 bridgehead atoms. The van der Waals surface area contributed by atoms with Crippen molar-refractivity contribution in [3.8, 4) is 28.7 Å². The van der Waals surface area contributed by atoms with Crippen LogP contribution in [0.4, 0.5) is 13.2 Å². The van der Waals surface area contributed by atoms with E-state index in [0.29, 0.717) is 0 Å². The lowest BCUT2D eigenvalue weighted by molar-refractivity contribution is -0.137. The molecule has 172 valence electrons. The number of aromatic nitrogens is 4. The van der Waals surface area contributed by atoms with Gasteiger partial charge in [0.15, 0.2) is 11.4 Å². The molecule has 0 fully saturated rings. The Kier molecular flexibility index (Phi) is 6.23. The molecule has 14 heteroatoms. The molecule has 3 aromatic heterocycles. The summed E-state index contributed by atoms with van der Waals surface area (Å²) in [6.45, 7) is -1.08. The van der Waals surface area contributed by atoms with Crippen LogP contribution in [0.5, 0.6) is 5.75 Å². The van der Waals surface area contributed by atoms with E-state index in [4.69, 9.17) is 49.2 Å². The second-order valence-corrected chi connectivity index (χ2v) is 7.82. The molecule has 4 aromatic rings. The van der Waals surface area contributed by atoms with Crippen LogP contribution >= 0.6 is 34.8 Å². The van der Waals surface area contributed by atoms with Crippen LogP contribution in [0, 0.1) is 0 Å². The van der Waals surface area contributed by atoms with Gasteiger partial charge in [0.05, 0.1) is 20.6 Å². The van der Waals surface area contributed by atoms with Gasteiger partial charge in [0.25, 0.3) is 5.89 Å². The van der Waals surface area contributed by atoms with Gasteiger partial charge < -0.3 is 18.8 Å². The first-order valence-corrected chi connectivity index (χ1v) is 10.0. The molecule has 0 saturated heterocycles. The molecule has 4 rings (SSSR count). The van der Waals surface area contributed by atoms with Crippen molar-refractivity contribution in [1.29, 1.82) is 0 Å². The average Bonchev–Trinajstić information content (AvgIpc) is 3.40. The van der Waals surface area contributed by atoms with E-state index in [2.05, 4.69) is 15.1 Å². The predicted octanol–water partition coefficient (Wildman–Crippen LogP) is 4.97. The van der Waals surface area contributed by atoms with Crippen LogP contribution in [0.3, 0.4) is 0 Å². The molecule has 0 amide bonds. The Labute approximate surface area is 197 Å². The number of carbonyl (C=O) groups is 1. The number of alkyl halides is 3. The number of ether oxygens (including phenoxy) is 1. The Bertz CT molecular complexity index is 1370. The first kappa shape index (κ1) is 23.3. The van der Waals surface area contributed by atoms with Gasteiger partial charge in [-0.05, 0) is 12.1 Å². The minimum atomic E-state index is -4.59. The fourth-order valence-corrected chi connectivity index (χ4v) is 3.48. The summed E-state index contributed by atoms with van der Waals surface area (Å²) < 4.78 is 50.6. The number of carbonyl (C=O) groups excluding carboxylic acids is 1. The van der Waals surface area contributed by atoms with Gasteiger partial charge in [-0.25, -0.2) is 4.98 Å². The number of aliphatic hydroxyl groups is 1. The zero-order valence-corrected chi connectivity index (χ0v) is 18.3. The molecule has 33 heavy (non-hydrogen) atoms. The quantitative estimate of drug-likeness (QED) is 0.382. The molecule has 3 heterocycles. The van der Waals surface area contributed by atoms with E-state index in [9.17, 15) is 18.0 Å². The summed E-state index contributed by atoms with van der Waals surface area (Å²) in [5.41, 5.74) is -0.530. The van der Waals surface area contributed by atoms with Crippen molar-refractivity contribution >= 4 is 46.2 Å². The Morgan fingerprint density at radius 1 is 1.09 bits per heavy atom. The standard InChI is InChI=1S/C19H10Cl3F3N4O4/c20-11-3-15(32-7-9(31)6-30)12(21)2-10(11)16-27-18(33-28-16)14-5-29-4-8(19(23,24)25)1-13(22)17(29)26-14/h1-5,30H,6-7H2. The Morgan fingerprint density at radius 2 is 1.85 bits per heavy atom. The van der Waals surface area contributed by atoms with Crippen molar-refractivity contribution in [3.05, 3.63) is 51.2 Å². The molecule has 0 saturated carbocycles. The largest absolute Gasteiger partial charge is 0.484 e. The monoisotopic (exact) mass is 520 g/mol. The highest BCUT2D eigenvalue weighted by Gasteiger charge is 2.32. The summed E-state index contributed by atoms with van der Waals surface area (Å²) in [7, 11) is 0. The summed E-state index contributed by atoms with van der Waals surface area (Å²) >= 11 is 18.4. The molecule has 8 nitrogen and oxygen atoms in total. The number of Topliss-reactive ketones (excluding diaryl/α,β-unsaturated/α-hetero) is 1. The molecule has 0 radical (unpaired) electrons. The van der Waals surface area contributed by atoms with Gasteiger partial charge >= 0.3 is 6.18 Å². The van der Waals surface area contributed by atoms with E-state index in [1.165, 1.54) is 18.3 Å². The van der Waals surface area contributed by atoms with Crippen molar-refractivity contribution < 1.29 is 32.3 Å². The van der Waals surface area contributed by atoms with Crippen molar-refractivity contribution in [3.63, 3.8) is 0 Å². The Hall–Kier alpha value is -2.86. The molecule has 1 N–H and O–H groups in total. The van der Waals surface area contributed by atoms with Crippen LogP contribution in [0.2, 0.25) is 15.1 Å². The number of fused-ring (bicyclic) bond motifs is 1. The fraction of sp³-hybridized carbons (Fsp3) is 0.158. The van der Waals surface area contributed by atoms with Crippen molar-refractivity contribution in [2.24, 2.45) is 0 Å². The normalized spacial score (nSPS) is 11.8. The van der Waals surface area contributed by atoms with Gasteiger partial charge in [0, 0.05) is 24.0 Å². The third-order valence-corrected chi connectivity index (χ3v) is 5.19. The maximum absolute atomic E-state index is 13.0. The van der Waals surface area contributed by atoms with Crippen LogP contribution in [0.15, 0.2) is 35.1 Å². The molecule has 0 aliphatic heterocycles. The van der Waals surface area contributed by atoms with E-state index in [1.54, 1.807) is 0 Å². The molecular weight excluding hydrogens is 512 g/mol. The number of hydrogen-bond donors (Lipinski definition) is 1. The molecule has 1 aromatic carbocycles.